The van der Waals surface area contributed by atoms with Crippen LogP contribution in [-0.2, 0) is 6.54 Å². The maximum absolute atomic E-state index is 11.9. The molecule has 1 N–H and O–H groups in total. The lowest BCUT2D eigenvalue weighted by atomic mass is 10.2. The van der Waals surface area contributed by atoms with Gasteiger partial charge in [-0.3, -0.25) is 0 Å². The summed E-state index contributed by atoms with van der Waals surface area (Å²) in [5, 5.41) is 3.09. The predicted molar refractivity (Wildman–Crippen MR) is 55.8 cm³/mol. The van der Waals surface area contributed by atoms with Gasteiger partial charge in [0.2, 0.25) is 0 Å². The van der Waals surface area contributed by atoms with E-state index in [9.17, 15) is 13.2 Å². The topological polar surface area (TPSA) is 21.3 Å². The van der Waals surface area contributed by atoms with Crippen LogP contribution in [0.15, 0.2) is 18.2 Å². The maximum atomic E-state index is 11.9. The van der Waals surface area contributed by atoms with Gasteiger partial charge in [-0.25, -0.2) is 0 Å². The smallest absolute Gasteiger partial charge is 0.422 e. The molecule has 0 saturated heterocycles. The Bertz CT molecular complexity index is 354. The summed E-state index contributed by atoms with van der Waals surface area (Å²) in [6.45, 7) is -0.739. The van der Waals surface area contributed by atoms with Gasteiger partial charge in [-0.1, -0.05) is 17.7 Å². The van der Waals surface area contributed by atoms with E-state index in [2.05, 4.69) is 10.1 Å². The Morgan fingerprint density at radius 3 is 2.56 bits per heavy atom. The van der Waals surface area contributed by atoms with E-state index in [4.69, 9.17) is 11.6 Å². The monoisotopic (exact) mass is 253 g/mol. The van der Waals surface area contributed by atoms with E-state index < -0.39 is 12.8 Å². The fraction of sp³-hybridized carbons (Fsp3) is 0.400. The molecule has 0 aromatic heterocycles. The molecule has 0 aliphatic carbocycles. The van der Waals surface area contributed by atoms with Gasteiger partial charge in [0.05, 0.1) is 5.02 Å². The molecule has 0 amide bonds. The molecule has 0 bridgehead atoms. The van der Waals surface area contributed by atoms with E-state index in [1.54, 1.807) is 19.2 Å². The van der Waals surface area contributed by atoms with Gasteiger partial charge in [-0.2, -0.15) is 13.2 Å². The van der Waals surface area contributed by atoms with Crippen LogP contribution >= 0.6 is 11.6 Å². The van der Waals surface area contributed by atoms with Gasteiger partial charge in [0.1, 0.15) is 5.75 Å². The summed E-state index contributed by atoms with van der Waals surface area (Å²) < 4.78 is 40.2. The minimum Gasteiger partial charge on any atom is -0.483 e. The first-order valence-corrected chi connectivity index (χ1v) is 4.93. The standard InChI is InChI=1S/C10H11ClF3NO/c1-15-5-7-2-3-9(8(11)4-7)16-6-10(12,13)14/h2-4,15H,5-6H2,1H3. The summed E-state index contributed by atoms with van der Waals surface area (Å²) in [6.07, 6.45) is -4.35. The van der Waals surface area contributed by atoms with Crippen LogP contribution in [0.4, 0.5) is 13.2 Å². The lowest BCUT2D eigenvalue weighted by Gasteiger charge is -2.11. The van der Waals surface area contributed by atoms with Gasteiger partial charge >= 0.3 is 6.18 Å². The Morgan fingerprint density at radius 1 is 1.38 bits per heavy atom. The fourth-order valence-electron chi connectivity index (χ4n) is 1.14. The van der Waals surface area contributed by atoms with Crippen LogP contribution in [0.5, 0.6) is 5.75 Å². The average molecular weight is 254 g/mol. The van der Waals surface area contributed by atoms with Crippen LogP contribution in [0.3, 0.4) is 0 Å². The molecule has 1 rings (SSSR count). The Morgan fingerprint density at radius 2 is 2.06 bits per heavy atom. The SMILES string of the molecule is CNCc1ccc(OCC(F)(F)F)c(Cl)c1. The number of hydrogen-bond acceptors (Lipinski definition) is 2. The van der Waals surface area contributed by atoms with Gasteiger partial charge in [0.15, 0.2) is 6.61 Å². The molecule has 0 aliphatic rings. The molecular weight excluding hydrogens is 243 g/mol. The molecule has 0 saturated carbocycles. The molecule has 0 fully saturated rings. The van der Waals surface area contributed by atoms with E-state index in [-0.39, 0.29) is 10.8 Å². The molecular formula is C10H11ClF3NO. The van der Waals surface area contributed by atoms with E-state index in [0.29, 0.717) is 6.54 Å². The zero-order valence-corrected chi connectivity index (χ0v) is 9.32. The summed E-state index contributed by atoms with van der Waals surface area (Å²) >= 11 is 5.77. The summed E-state index contributed by atoms with van der Waals surface area (Å²) in [7, 11) is 1.77. The zero-order valence-electron chi connectivity index (χ0n) is 8.57. The highest BCUT2D eigenvalue weighted by atomic mass is 35.5. The first-order valence-electron chi connectivity index (χ1n) is 4.55. The van der Waals surface area contributed by atoms with Crippen molar-refractivity contribution < 1.29 is 17.9 Å². The number of halogens is 4. The third-order valence-electron chi connectivity index (χ3n) is 1.77. The van der Waals surface area contributed by atoms with Crippen molar-refractivity contribution >= 4 is 11.6 Å². The van der Waals surface area contributed by atoms with Crippen LogP contribution in [-0.4, -0.2) is 19.8 Å². The highest BCUT2D eigenvalue weighted by Crippen LogP contribution is 2.27. The first-order chi connectivity index (χ1) is 7.42. The second kappa shape index (κ2) is 5.41. The molecule has 0 atom stereocenters. The quantitative estimate of drug-likeness (QED) is 0.891. The van der Waals surface area contributed by atoms with Crippen molar-refractivity contribution in [3.63, 3.8) is 0 Å². The van der Waals surface area contributed by atoms with Crippen molar-refractivity contribution in [2.75, 3.05) is 13.7 Å². The summed E-state index contributed by atoms with van der Waals surface area (Å²) in [5.74, 6) is 0.0406. The molecule has 0 unspecified atom stereocenters. The Kier molecular flexibility index (Phi) is 4.44. The van der Waals surface area contributed by atoms with Crippen molar-refractivity contribution in [3.8, 4) is 5.75 Å². The molecule has 0 aliphatic heterocycles. The van der Waals surface area contributed by atoms with Gasteiger partial charge in [-0.05, 0) is 24.7 Å². The maximum Gasteiger partial charge on any atom is 0.422 e. The van der Waals surface area contributed by atoms with Crippen molar-refractivity contribution in [2.24, 2.45) is 0 Å². The highest BCUT2D eigenvalue weighted by Gasteiger charge is 2.28. The summed E-state index contributed by atoms with van der Waals surface area (Å²) in [6, 6.07) is 4.67. The van der Waals surface area contributed by atoms with Crippen molar-refractivity contribution in [2.45, 2.75) is 12.7 Å². The third kappa shape index (κ3) is 4.28. The Balaban J connectivity index is 2.68. The second-order valence-corrected chi connectivity index (χ2v) is 3.61. The minimum absolute atomic E-state index is 0.0406. The first kappa shape index (κ1) is 13.1. The molecule has 6 heteroatoms. The van der Waals surface area contributed by atoms with Crippen LogP contribution < -0.4 is 10.1 Å². The molecule has 16 heavy (non-hydrogen) atoms. The Labute approximate surface area is 96.4 Å². The van der Waals surface area contributed by atoms with Gasteiger partial charge in [0, 0.05) is 6.54 Å². The normalized spacial score (nSPS) is 11.6. The highest BCUT2D eigenvalue weighted by molar-refractivity contribution is 6.32. The van der Waals surface area contributed by atoms with E-state index in [1.165, 1.54) is 6.07 Å². The zero-order chi connectivity index (χ0) is 12.2. The Hall–Kier alpha value is -0.940. The number of hydrogen-bond donors (Lipinski definition) is 1. The fourth-order valence-corrected chi connectivity index (χ4v) is 1.39. The molecule has 1 aromatic rings. The van der Waals surface area contributed by atoms with Crippen LogP contribution in [0.25, 0.3) is 0 Å². The van der Waals surface area contributed by atoms with Crippen LogP contribution in [0, 0.1) is 0 Å². The number of alkyl halides is 3. The van der Waals surface area contributed by atoms with Crippen molar-refractivity contribution in [1.29, 1.82) is 0 Å². The summed E-state index contributed by atoms with van der Waals surface area (Å²) in [4.78, 5) is 0. The lowest BCUT2D eigenvalue weighted by molar-refractivity contribution is -0.153. The van der Waals surface area contributed by atoms with Crippen molar-refractivity contribution in [3.05, 3.63) is 28.8 Å². The minimum atomic E-state index is -4.35. The molecule has 1 aromatic carbocycles. The molecule has 90 valence electrons. The van der Waals surface area contributed by atoms with Crippen molar-refractivity contribution in [1.82, 2.24) is 5.32 Å². The average Bonchev–Trinajstić information content (AvgIpc) is 2.15. The summed E-state index contributed by atoms with van der Waals surface area (Å²) in [5.41, 5.74) is 0.881. The molecule has 0 spiro atoms. The van der Waals surface area contributed by atoms with E-state index in [1.807, 2.05) is 0 Å². The third-order valence-corrected chi connectivity index (χ3v) is 2.06. The molecule has 0 radical (unpaired) electrons. The van der Waals surface area contributed by atoms with E-state index in [0.717, 1.165) is 5.56 Å². The molecule has 0 heterocycles. The van der Waals surface area contributed by atoms with Gasteiger partial charge in [0.25, 0.3) is 0 Å². The number of ether oxygens (including phenoxy) is 1. The second-order valence-electron chi connectivity index (χ2n) is 3.20. The molecule has 2 nitrogen and oxygen atoms in total. The lowest BCUT2D eigenvalue weighted by Crippen LogP contribution is -2.19. The predicted octanol–water partition coefficient (Wildman–Crippen LogP) is 3.00. The number of rotatable bonds is 4. The number of benzene rings is 1. The van der Waals surface area contributed by atoms with Gasteiger partial charge < -0.3 is 10.1 Å². The van der Waals surface area contributed by atoms with Gasteiger partial charge in [-0.15, -0.1) is 0 Å². The largest absolute Gasteiger partial charge is 0.483 e. The van der Waals surface area contributed by atoms with Crippen LogP contribution in [0.1, 0.15) is 5.56 Å². The van der Waals surface area contributed by atoms with Crippen LogP contribution in [0.2, 0.25) is 5.02 Å². The van der Waals surface area contributed by atoms with E-state index >= 15 is 0 Å². The number of nitrogens with one attached hydrogen (secondary N) is 1.